The molecule has 0 spiro atoms. The van der Waals surface area contributed by atoms with Gasteiger partial charge >= 0.3 is 0 Å². The van der Waals surface area contributed by atoms with Gasteiger partial charge in [-0.05, 0) is 55.7 Å². The Morgan fingerprint density at radius 2 is 1.89 bits per heavy atom. The second kappa shape index (κ2) is 6.36. The summed E-state index contributed by atoms with van der Waals surface area (Å²) in [5, 5.41) is 12.4. The number of anilines is 1. The summed E-state index contributed by atoms with van der Waals surface area (Å²) < 4.78 is 0. The number of nitrogens with one attached hydrogen (secondary N) is 1. The Balaban J connectivity index is 2.76. The van der Waals surface area contributed by atoms with Gasteiger partial charge in [0.15, 0.2) is 5.11 Å². The van der Waals surface area contributed by atoms with Crippen LogP contribution in [-0.4, -0.2) is 23.6 Å². The van der Waals surface area contributed by atoms with E-state index >= 15 is 0 Å². The molecule has 1 aromatic carbocycles. The number of hydrogen-bond acceptors (Lipinski definition) is 2. The molecule has 3 nitrogen and oxygen atoms in total. The molecule has 0 heterocycles. The molecule has 0 saturated carbocycles. The molecule has 0 saturated heterocycles. The number of nitrogens with zero attached hydrogens (tertiary/aromatic N) is 2. The van der Waals surface area contributed by atoms with Crippen molar-refractivity contribution < 1.29 is 0 Å². The highest BCUT2D eigenvalue weighted by atomic mass is 32.1. The summed E-state index contributed by atoms with van der Waals surface area (Å²) in [5.41, 5.74) is 4.73. The first-order valence-electron chi connectivity index (χ1n) is 5.92. The van der Waals surface area contributed by atoms with Gasteiger partial charge in [0.2, 0.25) is 0 Å². The van der Waals surface area contributed by atoms with E-state index in [1.807, 2.05) is 11.9 Å². The number of hydrogen-bond donors (Lipinski definition) is 1. The van der Waals surface area contributed by atoms with E-state index in [9.17, 15) is 0 Å². The standard InChI is InChI=1S/C14H19N3S/c1-10-8-12(3)13(9-11(10)2)16-14(18)17(4)7-5-6-15/h8-9H,5,7H2,1-4H3,(H,16,18). The average Bonchev–Trinajstić information content (AvgIpc) is 2.32. The summed E-state index contributed by atoms with van der Waals surface area (Å²) >= 11 is 5.31. The van der Waals surface area contributed by atoms with E-state index in [0.29, 0.717) is 18.1 Å². The van der Waals surface area contributed by atoms with Crippen molar-refractivity contribution in [3.8, 4) is 6.07 Å². The number of aryl methyl sites for hydroxylation is 3. The fourth-order valence-corrected chi connectivity index (χ4v) is 1.83. The fraction of sp³-hybridized carbons (Fsp3) is 0.429. The van der Waals surface area contributed by atoms with Crippen LogP contribution in [0.1, 0.15) is 23.1 Å². The summed E-state index contributed by atoms with van der Waals surface area (Å²) in [7, 11) is 1.89. The van der Waals surface area contributed by atoms with Crippen molar-refractivity contribution in [2.24, 2.45) is 0 Å². The number of rotatable bonds is 3. The lowest BCUT2D eigenvalue weighted by molar-refractivity contribution is 0.523. The molecule has 0 radical (unpaired) electrons. The van der Waals surface area contributed by atoms with Crippen molar-refractivity contribution in [1.29, 1.82) is 5.26 Å². The first-order chi connectivity index (χ1) is 8.45. The van der Waals surface area contributed by atoms with Crippen LogP contribution in [0.15, 0.2) is 12.1 Å². The zero-order valence-electron chi connectivity index (χ0n) is 11.4. The van der Waals surface area contributed by atoms with Gasteiger partial charge in [0.1, 0.15) is 0 Å². The van der Waals surface area contributed by atoms with Gasteiger partial charge in [-0.25, -0.2) is 0 Å². The van der Waals surface area contributed by atoms with Crippen LogP contribution in [-0.2, 0) is 0 Å². The van der Waals surface area contributed by atoms with Crippen LogP contribution in [0.25, 0.3) is 0 Å². The molecule has 0 amide bonds. The van der Waals surface area contributed by atoms with Gasteiger partial charge in [-0.15, -0.1) is 0 Å². The summed E-state index contributed by atoms with van der Waals surface area (Å²) in [6.07, 6.45) is 0.476. The molecule has 0 atom stereocenters. The maximum Gasteiger partial charge on any atom is 0.173 e. The Morgan fingerprint density at radius 1 is 1.28 bits per heavy atom. The highest BCUT2D eigenvalue weighted by molar-refractivity contribution is 7.80. The van der Waals surface area contributed by atoms with Crippen LogP contribution in [0.2, 0.25) is 0 Å². The summed E-state index contributed by atoms with van der Waals surface area (Å²) in [4.78, 5) is 1.88. The monoisotopic (exact) mass is 261 g/mol. The molecule has 1 rings (SSSR count). The average molecular weight is 261 g/mol. The van der Waals surface area contributed by atoms with Crippen molar-refractivity contribution >= 4 is 23.0 Å². The molecule has 0 aliphatic rings. The van der Waals surface area contributed by atoms with E-state index in [2.05, 4.69) is 44.3 Å². The van der Waals surface area contributed by atoms with Crippen LogP contribution in [0.5, 0.6) is 0 Å². The van der Waals surface area contributed by atoms with Gasteiger partial charge in [-0.1, -0.05) is 6.07 Å². The minimum absolute atomic E-state index is 0.476. The van der Waals surface area contributed by atoms with E-state index in [1.54, 1.807) is 0 Å². The van der Waals surface area contributed by atoms with E-state index < -0.39 is 0 Å². The maximum absolute atomic E-state index is 8.56. The van der Waals surface area contributed by atoms with Crippen molar-refractivity contribution in [3.63, 3.8) is 0 Å². The van der Waals surface area contributed by atoms with Crippen molar-refractivity contribution in [2.75, 3.05) is 18.9 Å². The van der Waals surface area contributed by atoms with Gasteiger partial charge < -0.3 is 10.2 Å². The Morgan fingerprint density at radius 3 is 2.50 bits per heavy atom. The van der Waals surface area contributed by atoms with Gasteiger partial charge in [-0.2, -0.15) is 5.26 Å². The number of thiocarbonyl (C=S) groups is 1. The van der Waals surface area contributed by atoms with E-state index in [4.69, 9.17) is 17.5 Å². The Bertz CT molecular complexity index is 489. The predicted molar refractivity (Wildman–Crippen MR) is 79.7 cm³/mol. The number of nitriles is 1. The SMILES string of the molecule is Cc1cc(C)c(NC(=S)N(C)CCC#N)cc1C. The Kier molecular flexibility index (Phi) is 5.11. The lowest BCUT2D eigenvalue weighted by Gasteiger charge is -2.21. The molecule has 1 aromatic rings. The highest BCUT2D eigenvalue weighted by Gasteiger charge is 2.07. The van der Waals surface area contributed by atoms with Gasteiger partial charge in [-0.3, -0.25) is 0 Å². The van der Waals surface area contributed by atoms with Crippen molar-refractivity contribution in [3.05, 3.63) is 28.8 Å². The molecule has 0 bridgehead atoms. The second-order valence-corrected chi connectivity index (χ2v) is 4.90. The molecule has 1 N–H and O–H groups in total. The minimum atomic E-state index is 0.476. The van der Waals surface area contributed by atoms with Crippen molar-refractivity contribution in [1.82, 2.24) is 4.90 Å². The third kappa shape index (κ3) is 3.71. The molecule has 0 aliphatic heterocycles. The van der Waals surface area contributed by atoms with Crippen molar-refractivity contribution in [2.45, 2.75) is 27.2 Å². The molecule has 4 heteroatoms. The highest BCUT2D eigenvalue weighted by Crippen LogP contribution is 2.20. The molecule has 0 aliphatic carbocycles. The topological polar surface area (TPSA) is 39.1 Å². The molecule has 0 aromatic heterocycles. The first kappa shape index (κ1) is 14.5. The Hall–Kier alpha value is -1.60. The first-order valence-corrected chi connectivity index (χ1v) is 6.33. The zero-order chi connectivity index (χ0) is 13.7. The van der Waals surface area contributed by atoms with Gasteiger partial charge in [0, 0.05) is 19.3 Å². The lowest BCUT2D eigenvalue weighted by atomic mass is 10.1. The summed E-state index contributed by atoms with van der Waals surface area (Å²) in [6, 6.07) is 6.37. The minimum Gasteiger partial charge on any atom is -0.351 e. The molecule has 0 unspecified atom stereocenters. The lowest BCUT2D eigenvalue weighted by Crippen LogP contribution is -2.32. The molecular weight excluding hydrogens is 242 g/mol. The quantitative estimate of drug-likeness (QED) is 0.848. The molecule has 96 valence electrons. The van der Waals surface area contributed by atoms with Crippen LogP contribution in [0.3, 0.4) is 0 Å². The van der Waals surface area contributed by atoms with Gasteiger partial charge in [0.05, 0.1) is 12.5 Å². The van der Waals surface area contributed by atoms with Crippen LogP contribution in [0, 0.1) is 32.1 Å². The van der Waals surface area contributed by atoms with E-state index in [1.165, 1.54) is 16.7 Å². The van der Waals surface area contributed by atoms with Crippen LogP contribution in [0.4, 0.5) is 5.69 Å². The predicted octanol–water partition coefficient (Wildman–Crippen LogP) is 3.15. The largest absolute Gasteiger partial charge is 0.351 e. The van der Waals surface area contributed by atoms with Crippen LogP contribution < -0.4 is 5.32 Å². The third-order valence-electron chi connectivity index (χ3n) is 2.99. The zero-order valence-corrected chi connectivity index (χ0v) is 12.2. The van der Waals surface area contributed by atoms with Gasteiger partial charge in [0.25, 0.3) is 0 Å². The normalized spacial score (nSPS) is 9.72. The summed E-state index contributed by atoms with van der Waals surface area (Å²) in [5.74, 6) is 0. The second-order valence-electron chi connectivity index (χ2n) is 4.51. The molecule has 18 heavy (non-hydrogen) atoms. The van der Waals surface area contributed by atoms with E-state index in [0.717, 1.165) is 5.69 Å². The number of benzene rings is 1. The fourth-order valence-electron chi connectivity index (χ4n) is 1.63. The molecule has 0 fully saturated rings. The van der Waals surface area contributed by atoms with E-state index in [-0.39, 0.29) is 0 Å². The third-order valence-corrected chi connectivity index (χ3v) is 3.40. The molecular formula is C14H19N3S. The smallest absolute Gasteiger partial charge is 0.173 e. The van der Waals surface area contributed by atoms with Crippen LogP contribution >= 0.6 is 12.2 Å². The Labute approximate surface area is 114 Å². The summed E-state index contributed by atoms with van der Waals surface area (Å²) in [6.45, 7) is 6.89. The maximum atomic E-state index is 8.56.